The maximum absolute atomic E-state index is 12.3. The minimum Gasteiger partial charge on any atom is -0.444 e. The molecule has 1 N–H and O–H groups in total. The molecule has 1 aromatic carbocycles. The summed E-state index contributed by atoms with van der Waals surface area (Å²) in [4.78, 5) is 26.1. The van der Waals surface area contributed by atoms with Gasteiger partial charge in [-0.3, -0.25) is 4.79 Å². The lowest BCUT2D eigenvalue weighted by atomic mass is 10.1. The molecule has 3 rings (SSSR count). The molecule has 0 bridgehead atoms. The van der Waals surface area contributed by atoms with Crippen LogP contribution in [0.25, 0.3) is 11.3 Å². The van der Waals surface area contributed by atoms with Gasteiger partial charge in [-0.15, -0.1) is 0 Å². The maximum atomic E-state index is 12.3. The first-order valence-electron chi connectivity index (χ1n) is 9.20. The number of hydrogen-bond donors (Lipinski definition) is 1. The van der Waals surface area contributed by atoms with E-state index in [0.29, 0.717) is 30.4 Å². The molecule has 1 saturated heterocycles. The van der Waals surface area contributed by atoms with Gasteiger partial charge < -0.3 is 19.5 Å². The zero-order chi connectivity index (χ0) is 20.3. The summed E-state index contributed by atoms with van der Waals surface area (Å²) in [5.41, 5.74) is 0.805. The second-order valence-electron chi connectivity index (χ2n) is 7.88. The van der Waals surface area contributed by atoms with Gasteiger partial charge >= 0.3 is 6.09 Å². The van der Waals surface area contributed by atoms with E-state index >= 15 is 0 Å². The molecule has 1 fully saturated rings. The van der Waals surface area contributed by atoms with Crippen molar-refractivity contribution in [2.45, 2.75) is 32.8 Å². The zero-order valence-corrected chi connectivity index (χ0v) is 17.0. The van der Waals surface area contributed by atoms with E-state index in [1.165, 1.54) is 0 Å². The number of benzene rings is 1. The third-order valence-electron chi connectivity index (χ3n) is 4.34. The van der Waals surface area contributed by atoms with Gasteiger partial charge in [-0.2, -0.15) is 0 Å². The van der Waals surface area contributed by atoms with E-state index in [9.17, 15) is 9.59 Å². The lowest BCUT2D eigenvalue weighted by Crippen LogP contribution is -2.36. The highest BCUT2D eigenvalue weighted by Crippen LogP contribution is 2.23. The highest BCUT2D eigenvalue weighted by Gasteiger charge is 2.30. The molecule has 2 heterocycles. The first-order chi connectivity index (χ1) is 13.2. The van der Waals surface area contributed by atoms with Crippen LogP contribution in [0.3, 0.4) is 0 Å². The van der Waals surface area contributed by atoms with Gasteiger partial charge in [0.05, 0.1) is 0 Å². The fraction of sp³-hybridized carbons (Fsp3) is 0.450. The molecule has 0 saturated carbocycles. The smallest absolute Gasteiger partial charge is 0.410 e. The van der Waals surface area contributed by atoms with Crippen LogP contribution in [0.1, 0.15) is 37.7 Å². The first kappa shape index (κ1) is 20.2. The minimum atomic E-state index is -0.517. The van der Waals surface area contributed by atoms with Crippen LogP contribution in [0.2, 0.25) is 5.02 Å². The Hall–Kier alpha value is -2.54. The molecular weight excluding hydrogens is 382 g/mol. The summed E-state index contributed by atoms with van der Waals surface area (Å²) in [7, 11) is 0. The highest BCUT2D eigenvalue weighted by molar-refractivity contribution is 6.30. The Bertz CT molecular complexity index is 859. The molecular formula is C20H24ClN3O4. The molecule has 150 valence electrons. The van der Waals surface area contributed by atoms with Crippen molar-refractivity contribution in [1.82, 2.24) is 15.4 Å². The number of ether oxygens (including phenoxy) is 1. The van der Waals surface area contributed by atoms with Crippen molar-refractivity contribution in [1.29, 1.82) is 0 Å². The second kappa shape index (κ2) is 8.22. The summed E-state index contributed by atoms with van der Waals surface area (Å²) in [5, 5.41) is 7.37. The Balaban J connectivity index is 1.51. The Kier molecular flexibility index (Phi) is 5.93. The Morgan fingerprint density at radius 3 is 2.86 bits per heavy atom. The summed E-state index contributed by atoms with van der Waals surface area (Å²) in [6.45, 7) is 7.15. The number of carbonyl (C=O) groups is 2. The number of hydrogen-bond acceptors (Lipinski definition) is 5. The normalized spacial score (nSPS) is 16.9. The topological polar surface area (TPSA) is 84.7 Å². The van der Waals surface area contributed by atoms with Crippen molar-refractivity contribution in [3.63, 3.8) is 0 Å². The van der Waals surface area contributed by atoms with Crippen LogP contribution in [0, 0.1) is 5.92 Å². The third-order valence-corrected chi connectivity index (χ3v) is 4.58. The molecule has 28 heavy (non-hydrogen) atoms. The van der Waals surface area contributed by atoms with Crippen molar-refractivity contribution < 1.29 is 18.8 Å². The molecule has 1 aromatic heterocycles. The van der Waals surface area contributed by atoms with E-state index in [-0.39, 0.29) is 23.7 Å². The number of amides is 2. The van der Waals surface area contributed by atoms with Crippen LogP contribution in [0.15, 0.2) is 34.9 Å². The average molecular weight is 406 g/mol. The highest BCUT2D eigenvalue weighted by atomic mass is 35.5. The number of carbonyl (C=O) groups excluding carboxylic acids is 2. The van der Waals surface area contributed by atoms with Crippen molar-refractivity contribution >= 4 is 23.6 Å². The molecule has 1 aliphatic heterocycles. The number of rotatable bonds is 4. The van der Waals surface area contributed by atoms with E-state index < -0.39 is 5.60 Å². The van der Waals surface area contributed by atoms with E-state index in [2.05, 4.69) is 10.5 Å². The monoisotopic (exact) mass is 405 g/mol. The standard InChI is InChI=1S/C20H24ClN3O4/c1-20(2,3)27-19(26)24-8-7-13(12-24)11-22-18(25)17-10-16(23-28-17)14-5-4-6-15(21)9-14/h4-6,9-10,13H,7-8,11-12H2,1-3H3,(H,22,25)/t13-/m1/s1. The molecule has 2 amide bonds. The lowest BCUT2D eigenvalue weighted by Gasteiger charge is -2.24. The number of aromatic nitrogens is 1. The molecule has 0 unspecified atom stereocenters. The summed E-state index contributed by atoms with van der Waals surface area (Å²) in [5.74, 6) is -0.0275. The number of nitrogens with one attached hydrogen (secondary N) is 1. The predicted molar refractivity (Wildman–Crippen MR) is 105 cm³/mol. The predicted octanol–water partition coefficient (Wildman–Crippen LogP) is 3.98. The van der Waals surface area contributed by atoms with Crippen LogP contribution >= 0.6 is 11.6 Å². The van der Waals surface area contributed by atoms with E-state index in [0.717, 1.165) is 12.0 Å². The van der Waals surface area contributed by atoms with Crippen LogP contribution < -0.4 is 5.32 Å². The van der Waals surface area contributed by atoms with Crippen LogP contribution in [0.5, 0.6) is 0 Å². The van der Waals surface area contributed by atoms with Crippen molar-refractivity contribution in [2.24, 2.45) is 5.92 Å². The Morgan fingerprint density at radius 1 is 1.36 bits per heavy atom. The van der Waals surface area contributed by atoms with Gasteiger partial charge in [-0.05, 0) is 45.2 Å². The Morgan fingerprint density at radius 2 is 2.14 bits per heavy atom. The van der Waals surface area contributed by atoms with Crippen molar-refractivity contribution in [3.05, 3.63) is 41.1 Å². The van der Waals surface area contributed by atoms with Gasteiger partial charge in [-0.25, -0.2) is 4.79 Å². The fourth-order valence-electron chi connectivity index (χ4n) is 2.98. The largest absolute Gasteiger partial charge is 0.444 e. The zero-order valence-electron chi connectivity index (χ0n) is 16.2. The number of likely N-dealkylation sites (tertiary alicyclic amines) is 1. The van der Waals surface area contributed by atoms with Crippen LogP contribution in [-0.4, -0.2) is 47.3 Å². The average Bonchev–Trinajstić information content (AvgIpc) is 3.28. The molecule has 1 aliphatic rings. The SMILES string of the molecule is CC(C)(C)OC(=O)N1CC[C@H](CNC(=O)c2cc(-c3cccc(Cl)c3)no2)C1. The van der Waals surface area contributed by atoms with Crippen LogP contribution in [0.4, 0.5) is 4.79 Å². The van der Waals surface area contributed by atoms with Gasteiger partial charge in [0.1, 0.15) is 11.3 Å². The van der Waals surface area contributed by atoms with Gasteiger partial charge in [0.15, 0.2) is 0 Å². The minimum absolute atomic E-state index is 0.136. The molecule has 7 nitrogen and oxygen atoms in total. The third kappa shape index (κ3) is 5.25. The van der Waals surface area contributed by atoms with Gasteiger partial charge in [0, 0.05) is 36.3 Å². The molecule has 2 aromatic rings. The summed E-state index contributed by atoms with van der Waals surface area (Å²) < 4.78 is 10.5. The van der Waals surface area contributed by atoms with Gasteiger partial charge in [0.25, 0.3) is 5.91 Å². The Labute approximate surface area is 169 Å². The molecule has 0 spiro atoms. The van der Waals surface area contributed by atoms with E-state index in [4.69, 9.17) is 20.9 Å². The number of halogens is 1. The van der Waals surface area contributed by atoms with E-state index in [1.807, 2.05) is 32.9 Å². The molecule has 0 radical (unpaired) electrons. The second-order valence-corrected chi connectivity index (χ2v) is 8.31. The lowest BCUT2D eigenvalue weighted by molar-refractivity contribution is 0.0288. The number of nitrogens with zero attached hydrogens (tertiary/aromatic N) is 2. The van der Waals surface area contributed by atoms with Crippen LogP contribution in [-0.2, 0) is 4.74 Å². The van der Waals surface area contributed by atoms with E-state index in [1.54, 1.807) is 23.1 Å². The van der Waals surface area contributed by atoms with Crippen molar-refractivity contribution in [2.75, 3.05) is 19.6 Å². The van der Waals surface area contributed by atoms with Crippen molar-refractivity contribution in [3.8, 4) is 11.3 Å². The first-order valence-corrected chi connectivity index (χ1v) is 9.58. The van der Waals surface area contributed by atoms with Gasteiger partial charge in [-0.1, -0.05) is 28.9 Å². The summed E-state index contributed by atoms with van der Waals surface area (Å²) >= 11 is 5.98. The summed E-state index contributed by atoms with van der Waals surface area (Å²) in [6, 6.07) is 8.76. The maximum Gasteiger partial charge on any atom is 0.410 e. The summed E-state index contributed by atoms with van der Waals surface area (Å²) in [6.07, 6.45) is 0.492. The quantitative estimate of drug-likeness (QED) is 0.831. The molecule has 0 aliphatic carbocycles. The fourth-order valence-corrected chi connectivity index (χ4v) is 3.17. The molecule has 8 heteroatoms. The molecule has 1 atom stereocenters. The van der Waals surface area contributed by atoms with Gasteiger partial charge in [0.2, 0.25) is 5.76 Å².